The summed E-state index contributed by atoms with van der Waals surface area (Å²) in [6.07, 6.45) is 1.94. The summed E-state index contributed by atoms with van der Waals surface area (Å²) in [7, 11) is 1.41. The van der Waals surface area contributed by atoms with E-state index in [1.54, 1.807) is 6.92 Å². The standard InChI is InChI=1S/C25H29FN6O6S/c1-13-19-21(34)31(14(2)20(27)33)24(35)30(23(19)39-22(13)32-28-8-9-29-32)11-18(38-12-25(3,4)36)16-10-15(26)6-7-17(16)37-5/h6-10,14,18,36H,11-12H2,1-5H3,(H2,27,33)/t14-,18-/m0/s1. The van der Waals surface area contributed by atoms with Gasteiger partial charge in [-0.1, -0.05) is 11.3 Å². The van der Waals surface area contributed by atoms with Gasteiger partial charge in [-0.2, -0.15) is 10.2 Å². The van der Waals surface area contributed by atoms with Crippen molar-refractivity contribution in [3.63, 3.8) is 0 Å². The Balaban J connectivity index is 2.01. The Morgan fingerprint density at radius 2 is 1.92 bits per heavy atom. The summed E-state index contributed by atoms with van der Waals surface area (Å²) < 4.78 is 27.9. The molecule has 0 aliphatic rings. The molecule has 0 radical (unpaired) electrons. The van der Waals surface area contributed by atoms with Crippen LogP contribution in [-0.4, -0.2) is 54.5 Å². The smallest absolute Gasteiger partial charge is 0.332 e. The first-order valence-electron chi connectivity index (χ1n) is 12.0. The number of methoxy groups -OCH3 is 1. The van der Waals surface area contributed by atoms with Crippen molar-refractivity contribution in [3.8, 4) is 10.8 Å². The van der Waals surface area contributed by atoms with Crippen LogP contribution in [-0.2, 0) is 16.1 Å². The summed E-state index contributed by atoms with van der Waals surface area (Å²) in [5.41, 5.74) is 3.50. The van der Waals surface area contributed by atoms with Crippen LogP contribution >= 0.6 is 11.3 Å². The molecule has 39 heavy (non-hydrogen) atoms. The first kappa shape index (κ1) is 28.1. The number of nitrogens with two attached hydrogens (primary N) is 1. The quantitative estimate of drug-likeness (QED) is 0.298. The van der Waals surface area contributed by atoms with Gasteiger partial charge in [0.05, 0.1) is 43.6 Å². The zero-order valence-corrected chi connectivity index (χ0v) is 22.9. The van der Waals surface area contributed by atoms with Crippen molar-refractivity contribution < 1.29 is 23.8 Å². The number of carbonyl (C=O) groups is 1. The van der Waals surface area contributed by atoms with Gasteiger partial charge in [0.15, 0.2) is 0 Å². The zero-order chi connectivity index (χ0) is 28.6. The average molecular weight is 561 g/mol. The van der Waals surface area contributed by atoms with E-state index in [9.17, 15) is 23.9 Å². The molecule has 208 valence electrons. The second kappa shape index (κ2) is 10.7. The molecule has 0 bridgehead atoms. The predicted molar refractivity (Wildman–Crippen MR) is 142 cm³/mol. The highest BCUT2D eigenvalue weighted by Crippen LogP contribution is 2.34. The Bertz CT molecular complexity index is 1640. The van der Waals surface area contributed by atoms with Crippen molar-refractivity contribution >= 4 is 27.5 Å². The fourth-order valence-corrected chi connectivity index (χ4v) is 5.38. The molecule has 3 N–H and O–H groups in total. The Morgan fingerprint density at radius 3 is 2.51 bits per heavy atom. The van der Waals surface area contributed by atoms with Gasteiger partial charge in [0.25, 0.3) is 5.56 Å². The minimum absolute atomic E-state index is 0.168. The lowest BCUT2D eigenvalue weighted by Gasteiger charge is -2.26. The van der Waals surface area contributed by atoms with Crippen LogP contribution in [0.4, 0.5) is 4.39 Å². The van der Waals surface area contributed by atoms with Crippen LogP contribution in [0.1, 0.15) is 44.0 Å². The minimum Gasteiger partial charge on any atom is -0.496 e. The topological polar surface area (TPSA) is 156 Å². The van der Waals surface area contributed by atoms with Crippen LogP contribution in [0, 0.1) is 12.7 Å². The summed E-state index contributed by atoms with van der Waals surface area (Å²) in [4.78, 5) is 41.1. The number of hydrogen-bond donors (Lipinski definition) is 2. The molecule has 14 heteroatoms. The van der Waals surface area contributed by atoms with E-state index in [0.717, 1.165) is 15.9 Å². The van der Waals surface area contributed by atoms with Crippen LogP contribution in [0.25, 0.3) is 15.2 Å². The highest BCUT2D eigenvalue weighted by Gasteiger charge is 2.29. The Morgan fingerprint density at radius 1 is 1.26 bits per heavy atom. The molecule has 2 atom stereocenters. The number of benzene rings is 1. The van der Waals surface area contributed by atoms with Crippen LogP contribution in [0.15, 0.2) is 40.2 Å². The molecule has 0 spiro atoms. The SMILES string of the molecule is COc1ccc(F)cc1[C@H](Cn1c(=O)n([C@@H](C)C(N)=O)c(=O)c2c(C)c(-n3nccn3)sc21)OCC(C)(C)O. The molecule has 0 aliphatic heterocycles. The van der Waals surface area contributed by atoms with Gasteiger partial charge >= 0.3 is 5.69 Å². The van der Waals surface area contributed by atoms with E-state index in [4.69, 9.17) is 15.2 Å². The van der Waals surface area contributed by atoms with Gasteiger partial charge in [0.1, 0.15) is 33.5 Å². The molecule has 4 rings (SSSR count). The van der Waals surface area contributed by atoms with Gasteiger partial charge < -0.3 is 20.3 Å². The van der Waals surface area contributed by atoms with E-state index < -0.39 is 40.7 Å². The Hall–Kier alpha value is -3.88. The molecule has 0 fully saturated rings. The third kappa shape index (κ3) is 5.48. The Labute approximate surface area is 226 Å². The summed E-state index contributed by atoms with van der Waals surface area (Å²) in [6, 6.07) is 2.61. The third-order valence-corrected chi connectivity index (χ3v) is 7.42. The number of primary amides is 1. The number of halogens is 1. The maximum Gasteiger partial charge on any atom is 0.332 e. The third-order valence-electron chi connectivity index (χ3n) is 6.14. The number of nitrogens with zero attached hydrogens (tertiary/aromatic N) is 5. The van der Waals surface area contributed by atoms with E-state index in [2.05, 4.69) is 10.2 Å². The summed E-state index contributed by atoms with van der Waals surface area (Å²) >= 11 is 1.10. The second-order valence-corrected chi connectivity index (χ2v) is 10.7. The first-order chi connectivity index (χ1) is 18.3. The second-order valence-electron chi connectivity index (χ2n) is 9.68. The molecule has 0 saturated carbocycles. The van der Waals surface area contributed by atoms with Gasteiger partial charge in [0.2, 0.25) is 5.91 Å². The van der Waals surface area contributed by atoms with Gasteiger partial charge in [-0.3, -0.25) is 14.2 Å². The number of fused-ring (bicyclic) bond motifs is 1. The van der Waals surface area contributed by atoms with Gasteiger partial charge in [-0.05, 0) is 45.9 Å². The average Bonchev–Trinajstić information content (AvgIpc) is 3.51. The number of aliphatic hydroxyl groups is 1. The van der Waals surface area contributed by atoms with Crippen molar-refractivity contribution in [2.24, 2.45) is 5.73 Å². The van der Waals surface area contributed by atoms with E-state index in [-0.39, 0.29) is 28.9 Å². The number of carbonyl (C=O) groups excluding carboxylic acids is 1. The fraction of sp³-hybridized carbons (Fsp3) is 0.400. The first-order valence-corrected chi connectivity index (χ1v) is 12.8. The number of thiophene rings is 1. The maximum absolute atomic E-state index is 14.4. The highest BCUT2D eigenvalue weighted by molar-refractivity contribution is 7.21. The Kier molecular flexibility index (Phi) is 7.73. The molecule has 4 aromatic rings. The number of amides is 1. The van der Waals surface area contributed by atoms with E-state index >= 15 is 0 Å². The molecular formula is C25H29FN6O6S. The van der Waals surface area contributed by atoms with Crippen molar-refractivity contribution in [2.75, 3.05) is 13.7 Å². The van der Waals surface area contributed by atoms with Crippen molar-refractivity contribution in [2.45, 2.75) is 52.0 Å². The lowest BCUT2D eigenvalue weighted by atomic mass is 10.1. The van der Waals surface area contributed by atoms with Crippen LogP contribution < -0.4 is 21.7 Å². The number of aryl methyl sites for hydroxylation is 1. The van der Waals surface area contributed by atoms with Crippen molar-refractivity contribution in [3.05, 3.63) is 68.4 Å². The summed E-state index contributed by atoms with van der Waals surface area (Å²) in [5.74, 6) is -1.14. The molecule has 0 aliphatic carbocycles. The number of aromatic nitrogens is 5. The van der Waals surface area contributed by atoms with Gasteiger partial charge in [-0.25, -0.2) is 13.8 Å². The molecular weight excluding hydrogens is 531 g/mol. The number of rotatable bonds is 10. The molecule has 0 unspecified atom stereocenters. The van der Waals surface area contributed by atoms with E-state index in [0.29, 0.717) is 16.3 Å². The summed E-state index contributed by atoms with van der Waals surface area (Å²) in [6.45, 7) is 5.74. The molecule has 1 aromatic carbocycles. The van der Waals surface area contributed by atoms with Gasteiger partial charge in [0, 0.05) is 11.1 Å². The van der Waals surface area contributed by atoms with E-state index in [1.807, 2.05) is 0 Å². The maximum atomic E-state index is 14.4. The largest absolute Gasteiger partial charge is 0.496 e. The molecule has 0 saturated heterocycles. The van der Waals surface area contributed by atoms with Crippen LogP contribution in [0.5, 0.6) is 5.75 Å². The normalized spacial score (nSPS) is 13.5. The van der Waals surface area contributed by atoms with Crippen LogP contribution in [0.3, 0.4) is 0 Å². The summed E-state index contributed by atoms with van der Waals surface area (Å²) in [5, 5.41) is 19.3. The monoisotopic (exact) mass is 560 g/mol. The van der Waals surface area contributed by atoms with E-state index in [1.165, 1.54) is 67.8 Å². The lowest BCUT2D eigenvalue weighted by molar-refractivity contribution is -0.120. The minimum atomic E-state index is -1.26. The van der Waals surface area contributed by atoms with Gasteiger partial charge in [-0.15, -0.1) is 4.80 Å². The highest BCUT2D eigenvalue weighted by atomic mass is 32.1. The number of hydrogen-bond acceptors (Lipinski definition) is 9. The van der Waals surface area contributed by atoms with Crippen molar-refractivity contribution in [1.82, 2.24) is 24.1 Å². The lowest BCUT2D eigenvalue weighted by Crippen LogP contribution is -2.45. The fourth-order valence-electron chi connectivity index (χ4n) is 4.16. The molecule has 1 amide bonds. The zero-order valence-electron chi connectivity index (χ0n) is 22.0. The van der Waals surface area contributed by atoms with Crippen LogP contribution in [0.2, 0.25) is 0 Å². The van der Waals surface area contributed by atoms with Crippen molar-refractivity contribution in [1.29, 1.82) is 0 Å². The molecule has 3 heterocycles. The molecule has 12 nitrogen and oxygen atoms in total. The number of ether oxygens (including phenoxy) is 2. The molecule has 3 aromatic heterocycles. The predicted octanol–water partition coefficient (Wildman–Crippen LogP) is 1.84.